The Kier molecular flexibility index (Phi) is 6.13. The third kappa shape index (κ3) is 4.31. The molecule has 0 unspecified atom stereocenters. The Morgan fingerprint density at radius 2 is 1.44 bits per heavy atom. The van der Waals surface area contributed by atoms with Gasteiger partial charge >= 0.3 is 0 Å². The van der Waals surface area contributed by atoms with Crippen molar-refractivity contribution in [1.82, 2.24) is 8.52 Å². The minimum absolute atomic E-state index is 0.773. The molecule has 27 heavy (non-hydrogen) atoms. The molecule has 3 aromatic rings. The fraction of sp³-hybridized carbons (Fsp3) is 0.300. The van der Waals surface area contributed by atoms with Gasteiger partial charge in [0.15, 0.2) is 0 Å². The second kappa shape index (κ2) is 8.73. The van der Waals surface area contributed by atoms with Gasteiger partial charge in [0.25, 0.3) is 0 Å². The fourth-order valence-corrected chi connectivity index (χ4v) is 3.68. The van der Waals surface area contributed by atoms with Crippen LogP contribution in [0.2, 0.25) is 0 Å². The quantitative estimate of drug-likeness (QED) is 0.648. The van der Waals surface area contributed by atoms with Gasteiger partial charge < -0.3 is 9.47 Å². The molecular weight excluding hydrogens is 360 g/mol. The van der Waals surface area contributed by atoms with E-state index in [0.717, 1.165) is 46.4 Å². The summed E-state index contributed by atoms with van der Waals surface area (Å²) in [5.41, 5.74) is 2.58. The summed E-state index contributed by atoms with van der Waals surface area (Å²) >= 11 is 1.60. The molecule has 0 spiro atoms. The number of benzene rings is 2. The molecule has 2 aromatic carbocycles. The van der Waals surface area contributed by atoms with Crippen molar-refractivity contribution in [2.75, 3.05) is 14.2 Å². The van der Waals surface area contributed by atoms with E-state index in [1.807, 2.05) is 48.5 Å². The Hall–Kier alpha value is -2.80. The van der Waals surface area contributed by atoms with Crippen LogP contribution in [0.3, 0.4) is 0 Å². The van der Waals surface area contributed by atoms with E-state index >= 15 is 0 Å². The number of methoxy groups -OCH3 is 2. The summed E-state index contributed by atoms with van der Waals surface area (Å²) < 4.78 is 14.9. The lowest BCUT2D eigenvalue weighted by Crippen LogP contribution is -2.29. The third-order valence-corrected chi connectivity index (χ3v) is 5.17. The highest BCUT2D eigenvalue weighted by Crippen LogP contribution is 2.20. The van der Waals surface area contributed by atoms with Crippen molar-refractivity contribution in [3.63, 3.8) is 0 Å². The lowest BCUT2D eigenvalue weighted by Gasteiger charge is -2.02. The lowest BCUT2D eigenvalue weighted by atomic mass is 10.3. The maximum atomic E-state index is 5.31. The molecule has 0 saturated carbocycles. The molecule has 0 radical (unpaired) electrons. The molecule has 0 atom stereocenters. The molecule has 0 bridgehead atoms. The predicted octanol–water partition coefficient (Wildman–Crippen LogP) is 3.87. The van der Waals surface area contributed by atoms with Gasteiger partial charge in [-0.1, -0.05) is 12.1 Å². The monoisotopic (exact) mass is 384 g/mol. The van der Waals surface area contributed by atoms with Crippen molar-refractivity contribution in [1.29, 1.82) is 0 Å². The standard InChI is InChI=1S/C20H24N4O2S/c1-5-23-19(21-15-9-7-11-17(13-15)25-3)24(6-2)27-20(23)22-16-10-8-12-18(14-16)26-4/h7-14H,5-6H2,1-4H3. The minimum atomic E-state index is 0.773. The number of hydrogen-bond donors (Lipinski definition) is 0. The zero-order valence-corrected chi connectivity index (χ0v) is 16.9. The van der Waals surface area contributed by atoms with Gasteiger partial charge in [0.1, 0.15) is 11.5 Å². The van der Waals surface area contributed by atoms with Crippen molar-refractivity contribution in [2.45, 2.75) is 26.9 Å². The van der Waals surface area contributed by atoms with E-state index in [2.05, 4.69) is 22.4 Å². The van der Waals surface area contributed by atoms with E-state index in [0.29, 0.717) is 0 Å². The molecule has 0 saturated heterocycles. The molecule has 0 fully saturated rings. The summed E-state index contributed by atoms with van der Waals surface area (Å²) in [4.78, 5) is 10.6. The Bertz CT molecular complexity index is 1050. The number of ether oxygens (including phenoxy) is 2. The van der Waals surface area contributed by atoms with Gasteiger partial charge in [-0.2, -0.15) is 0 Å². The number of aryl methyl sites for hydroxylation is 1. The first-order valence-electron chi connectivity index (χ1n) is 8.87. The summed E-state index contributed by atoms with van der Waals surface area (Å²) in [6.07, 6.45) is 0. The highest BCUT2D eigenvalue weighted by Gasteiger charge is 2.06. The molecule has 1 aromatic heterocycles. The molecule has 3 rings (SSSR count). The second-order valence-corrected chi connectivity index (χ2v) is 6.73. The molecule has 6 nitrogen and oxygen atoms in total. The zero-order valence-electron chi connectivity index (χ0n) is 16.0. The van der Waals surface area contributed by atoms with Crippen molar-refractivity contribution < 1.29 is 9.47 Å². The van der Waals surface area contributed by atoms with Crippen LogP contribution in [0.5, 0.6) is 11.5 Å². The van der Waals surface area contributed by atoms with Crippen molar-refractivity contribution >= 4 is 22.9 Å². The van der Waals surface area contributed by atoms with E-state index in [1.54, 1.807) is 25.8 Å². The molecule has 1 heterocycles. The SMILES string of the molecule is CCn1sc(=Nc2cccc(OC)c2)n(CC)c1=Nc1cccc(OC)c1. The maximum absolute atomic E-state index is 5.31. The molecule has 0 aliphatic rings. The Morgan fingerprint density at radius 1 is 0.852 bits per heavy atom. The van der Waals surface area contributed by atoms with Crippen LogP contribution in [0.15, 0.2) is 58.5 Å². The first kappa shape index (κ1) is 19.0. The summed E-state index contributed by atoms with van der Waals surface area (Å²) in [6.45, 7) is 5.80. The van der Waals surface area contributed by atoms with Crippen LogP contribution in [0.1, 0.15) is 13.8 Å². The van der Waals surface area contributed by atoms with Gasteiger partial charge in [-0.25, -0.2) is 9.98 Å². The van der Waals surface area contributed by atoms with Crippen LogP contribution >= 0.6 is 11.5 Å². The first-order valence-corrected chi connectivity index (χ1v) is 9.64. The molecule has 0 aliphatic heterocycles. The fourth-order valence-electron chi connectivity index (χ4n) is 2.67. The van der Waals surface area contributed by atoms with Crippen LogP contribution in [-0.4, -0.2) is 22.7 Å². The predicted molar refractivity (Wildman–Crippen MR) is 108 cm³/mol. The average molecular weight is 385 g/mol. The molecule has 142 valence electrons. The van der Waals surface area contributed by atoms with Crippen molar-refractivity contribution in [3.05, 3.63) is 59.0 Å². The molecule has 0 amide bonds. The van der Waals surface area contributed by atoms with Gasteiger partial charge in [-0.3, -0.25) is 8.52 Å². The summed E-state index contributed by atoms with van der Waals surface area (Å²) in [7, 11) is 3.32. The third-order valence-electron chi connectivity index (χ3n) is 4.05. The molecule has 0 aliphatic carbocycles. The summed E-state index contributed by atoms with van der Waals surface area (Å²) in [5, 5.41) is 0. The van der Waals surface area contributed by atoms with E-state index in [-0.39, 0.29) is 0 Å². The highest BCUT2D eigenvalue weighted by atomic mass is 32.1. The van der Waals surface area contributed by atoms with Crippen molar-refractivity contribution in [3.8, 4) is 11.5 Å². The molecular formula is C20H24N4O2S. The number of nitrogens with zero attached hydrogens (tertiary/aromatic N) is 4. The van der Waals surface area contributed by atoms with Crippen molar-refractivity contribution in [2.24, 2.45) is 9.98 Å². The smallest absolute Gasteiger partial charge is 0.221 e. The van der Waals surface area contributed by atoms with Crippen LogP contribution in [0.4, 0.5) is 11.4 Å². The van der Waals surface area contributed by atoms with Gasteiger partial charge in [0.05, 0.1) is 25.6 Å². The molecule has 0 N–H and O–H groups in total. The number of aromatic nitrogens is 2. The van der Waals surface area contributed by atoms with Gasteiger partial charge in [-0.15, -0.1) is 0 Å². The summed E-state index contributed by atoms with van der Waals surface area (Å²) in [5.74, 6) is 1.58. The molecule has 7 heteroatoms. The van der Waals surface area contributed by atoms with E-state index in [1.165, 1.54) is 0 Å². The number of rotatable bonds is 6. The Morgan fingerprint density at radius 3 is 1.96 bits per heavy atom. The Labute approximate surface area is 162 Å². The lowest BCUT2D eigenvalue weighted by molar-refractivity contribution is 0.415. The average Bonchev–Trinajstić information content (AvgIpc) is 3.04. The minimum Gasteiger partial charge on any atom is -0.497 e. The van der Waals surface area contributed by atoms with E-state index in [9.17, 15) is 0 Å². The van der Waals surface area contributed by atoms with Crippen LogP contribution < -0.4 is 19.9 Å². The van der Waals surface area contributed by atoms with Gasteiger partial charge in [0, 0.05) is 25.2 Å². The highest BCUT2D eigenvalue weighted by molar-refractivity contribution is 7.03. The normalized spacial score (nSPS) is 12.4. The van der Waals surface area contributed by atoms with E-state index < -0.39 is 0 Å². The largest absolute Gasteiger partial charge is 0.497 e. The first-order chi connectivity index (χ1) is 13.2. The van der Waals surface area contributed by atoms with Crippen LogP contribution in [0.25, 0.3) is 0 Å². The maximum Gasteiger partial charge on any atom is 0.221 e. The Balaban J connectivity index is 2.18. The van der Waals surface area contributed by atoms with Gasteiger partial charge in [-0.05, 0) is 49.6 Å². The number of hydrogen-bond acceptors (Lipinski definition) is 5. The van der Waals surface area contributed by atoms with E-state index in [4.69, 9.17) is 19.5 Å². The van der Waals surface area contributed by atoms with Crippen LogP contribution in [-0.2, 0) is 13.1 Å². The topological polar surface area (TPSA) is 53.0 Å². The van der Waals surface area contributed by atoms with Crippen LogP contribution in [0, 0.1) is 0 Å². The summed E-state index contributed by atoms with van der Waals surface area (Å²) in [6, 6.07) is 15.5. The second-order valence-electron chi connectivity index (χ2n) is 5.74. The van der Waals surface area contributed by atoms with Gasteiger partial charge in [0.2, 0.25) is 10.4 Å². The zero-order chi connectivity index (χ0) is 19.2.